The van der Waals surface area contributed by atoms with Crippen molar-refractivity contribution in [1.82, 2.24) is 5.48 Å². The van der Waals surface area contributed by atoms with E-state index in [0.29, 0.717) is 18.6 Å². The molecule has 1 aromatic rings. The molecule has 2 aliphatic carbocycles. The van der Waals surface area contributed by atoms with Gasteiger partial charge in [-0.1, -0.05) is 64.2 Å². The molecule has 278 valence electrons. The molecule has 1 amide bonds. The van der Waals surface area contributed by atoms with Crippen LogP contribution in [0.2, 0.25) is 0 Å². The van der Waals surface area contributed by atoms with Gasteiger partial charge in [-0.15, -0.1) is 0 Å². The van der Waals surface area contributed by atoms with Gasteiger partial charge in [0, 0.05) is 0 Å². The summed E-state index contributed by atoms with van der Waals surface area (Å²) in [5, 5.41) is 62.8. The standard InChI is InChI=1S/C35H55NO13/c1-18-14-19(2)30(49-34-29(41)28(40)26(38)20(3)44-34)23(15-18)47-35-32(45-22-12-8-5-9-13-22)31(27(39)25(17-37)48-35)46-24(33(42)36-43)16-21-10-6-4-7-11-21/h5,8-9,12-13,18-21,23-32,34-35,37-41,43H,4,6-7,10-11,14-17H2,1-3H3,(H,36,42)/t18?,19?,20?,23?,24-,25?,26?,27?,28?,29?,30?,31?,32?,34?,35?/m0/s1. The van der Waals surface area contributed by atoms with E-state index in [2.05, 4.69) is 6.92 Å². The zero-order chi connectivity index (χ0) is 35.2. The number of rotatable bonds is 12. The molecular weight excluding hydrogens is 642 g/mol. The van der Waals surface area contributed by atoms with Gasteiger partial charge in [0.15, 0.2) is 18.7 Å². The fourth-order valence-electron chi connectivity index (χ4n) is 7.87. The highest BCUT2D eigenvalue weighted by molar-refractivity contribution is 5.79. The number of carbonyl (C=O) groups is 1. The molecule has 0 radical (unpaired) electrons. The number of ether oxygens (including phenoxy) is 6. The number of amides is 1. The van der Waals surface area contributed by atoms with E-state index >= 15 is 0 Å². The van der Waals surface area contributed by atoms with Crippen LogP contribution in [0.5, 0.6) is 5.75 Å². The Kier molecular flexibility index (Phi) is 13.7. The summed E-state index contributed by atoms with van der Waals surface area (Å²) in [4.78, 5) is 13.0. The van der Waals surface area contributed by atoms with Gasteiger partial charge in [-0.2, -0.15) is 0 Å². The van der Waals surface area contributed by atoms with Gasteiger partial charge in [-0.05, 0) is 56.1 Å². The number of para-hydroxylation sites is 1. The highest BCUT2D eigenvalue weighted by Crippen LogP contribution is 2.39. The van der Waals surface area contributed by atoms with Crippen LogP contribution in [0, 0.1) is 17.8 Å². The average molecular weight is 698 g/mol. The normalized spacial score (nSPS) is 41.2. The quantitative estimate of drug-likeness (QED) is 0.122. The van der Waals surface area contributed by atoms with Crippen molar-refractivity contribution in [2.24, 2.45) is 17.8 Å². The molecule has 5 rings (SSSR count). The molecule has 4 fully saturated rings. The number of carbonyl (C=O) groups excluding carboxylic acids is 1. The van der Waals surface area contributed by atoms with Crippen molar-refractivity contribution in [1.29, 1.82) is 0 Å². The van der Waals surface area contributed by atoms with Gasteiger partial charge in [-0.25, -0.2) is 5.48 Å². The number of aliphatic hydroxyl groups excluding tert-OH is 5. The Morgan fingerprint density at radius 2 is 1.57 bits per heavy atom. The number of hydrogen-bond acceptors (Lipinski definition) is 13. The number of nitrogens with one attached hydrogen (secondary N) is 1. The van der Waals surface area contributed by atoms with Crippen molar-refractivity contribution in [2.75, 3.05) is 6.61 Å². The van der Waals surface area contributed by atoms with Crippen LogP contribution in [0.1, 0.15) is 72.1 Å². The second kappa shape index (κ2) is 17.5. The maximum atomic E-state index is 13.0. The third-order valence-electron chi connectivity index (χ3n) is 10.6. The largest absolute Gasteiger partial charge is 0.482 e. The minimum absolute atomic E-state index is 0.0969. The summed E-state index contributed by atoms with van der Waals surface area (Å²) in [6.45, 7) is 5.05. The van der Waals surface area contributed by atoms with E-state index in [9.17, 15) is 35.5 Å². The van der Waals surface area contributed by atoms with Crippen LogP contribution in [-0.2, 0) is 28.5 Å². The van der Waals surface area contributed by atoms with E-state index in [0.717, 1.165) is 38.5 Å². The average Bonchev–Trinajstić information content (AvgIpc) is 3.10. The monoisotopic (exact) mass is 697 g/mol. The van der Waals surface area contributed by atoms with Gasteiger partial charge in [0.25, 0.3) is 5.91 Å². The summed E-state index contributed by atoms with van der Waals surface area (Å²) in [6, 6.07) is 8.81. The zero-order valence-electron chi connectivity index (χ0n) is 28.5. The van der Waals surface area contributed by atoms with Gasteiger partial charge in [-0.3, -0.25) is 10.0 Å². The molecule has 2 saturated carbocycles. The van der Waals surface area contributed by atoms with Crippen molar-refractivity contribution < 1.29 is 64.0 Å². The molecule has 0 aromatic heterocycles. The summed E-state index contributed by atoms with van der Waals surface area (Å²) in [7, 11) is 0. The predicted molar refractivity (Wildman–Crippen MR) is 172 cm³/mol. The number of hydrogen-bond donors (Lipinski definition) is 7. The number of aliphatic hydroxyl groups is 5. The van der Waals surface area contributed by atoms with Gasteiger partial charge in [0.1, 0.15) is 48.5 Å². The van der Waals surface area contributed by atoms with Crippen LogP contribution in [0.4, 0.5) is 0 Å². The van der Waals surface area contributed by atoms with Crippen molar-refractivity contribution in [3.05, 3.63) is 30.3 Å². The van der Waals surface area contributed by atoms with E-state index in [1.54, 1.807) is 36.7 Å². The molecule has 0 bridgehead atoms. The molecule has 49 heavy (non-hydrogen) atoms. The molecule has 14 nitrogen and oxygen atoms in total. The van der Waals surface area contributed by atoms with Crippen molar-refractivity contribution >= 4 is 5.91 Å². The third-order valence-corrected chi connectivity index (χ3v) is 10.6. The van der Waals surface area contributed by atoms with Crippen molar-refractivity contribution in [3.63, 3.8) is 0 Å². The molecule has 14 unspecified atom stereocenters. The zero-order valence-corrected chi connectivity index (χ0v) is 28.5. The SMILES string of the molecule is CC1CC(C)C(OC2OC(C)C(O)C(O)C2O)C(OC2OC(CO)C(O)C(O[C@@H](CC3CCCCC3)C(=O)NO)C2Oc2ccccc2)C1. The Bertz CT molecular complexity index is 1160. The Balaban J connectivity index is 1.43. The fraction of sp³-hybridized carbons (Fsp3) is 0.800. The van der Waals surface area contributed by atoms with Crippen LogP contribution >= 0.6 is 0 Å². The summed E-state index contributed by atoms with van der Waals surface area (Å²) >= 11 is 0. The van der Waals surface area contributed by atoms with Crippen molar-refractivity contribution in [2.45, 2.75) is 152 Å². The molecule has 14 heteroatoms. The lowest BCUT2D eigenvalue weighted by atomic mass is 9.79. The lowest BCUT2D eigenvalue weighted by molar-refractivity contribution is -0.347. The highest BCUT2D eigenvalue weighted by atomic mass is 16.7. The summed E-state index contributed by atoms with van der Waals surface area (Å²) < 4.78 is 37.7. The van der Waals surface area contributed by atoms with E-state index < -0.39 is 92.2 Å². The summed E-state index contributed by atoms with van der Waals surface area (Å²) in [6.07, 6.45) is -8.41. The first-order valence-corrected chi connectivity index (χ1v) is 17.8. The van der Waals surface area contributed by atoms with Crippen LogP contribution in [0.15, 0.2) is 30.3 Å². The Labute approximate surface area is 287 Å². The Hall–Kier alpha value is -1.95. The molecule has 15 atom stereocenters. The molecule has 2 aliphatic heterocycles. The fourth-order valence-corrected chi connectivity index (χ4v) is 7.87. The lowest BCUT2D eigenvalue weighted by Crippen LogP contribution is -2.64. The van der Waals surface area contributed by atoms with Gasteiger partial charge >= 0.3 is 0 Å². The van der Waals surface area contributed by atoms with Crippen LogP contribution in [0.25, 0.3) is 0 Å². The second-order valence-electron chi connectivity index (χ2n) is 14.4. The van der Waals surface area contributed by atoms with Crippen LogP contribution in [0.3, 0.4) is 0 Å². The topological polar surface area (TPSA) is 206 Å². The maximum absolute atomic E-state index is 13.0. The number of benzene rings is 1. The van der Waals surface area contributed by atoms with E-state index in [1.165, 1.54) is 0 Å². The molecule has 0 spiro atoms. The summed E-state index contributed by atoms with van der Waals surface area (Å²) in [5.41, 5.74) is 1.71. The minimum atomic E-state index is -1.51. The first-order chi connectivity index (χ1) is 23.5. The minimum Gasteiger partial charge on any atom is -0.482 e. The predicted octanol–water partition coefficient (Wildman–Crippen LogP) is 1.41. The summed E-state index contributed by atoms with van der Waals surface area (Å²) in [5.74, 6) is -0.0521. The van der Waals surface area contributed by atoms with E-state index in [4.69, 9.17) is 28.4 Å². The molecular formula is C35H55NO13. The van der Waals surface area contributed by atoms with Gasteiger partial charge < -0.3 is 54.0 Å². The van der Waals surface area contributed by atoms with Gasteiger partial charge in [0.2, 0.25) is 0 Å². The van der Waals surface area contributed by atoms with E-state index in [-0.39, 0.29) is 17.8 Å². The molecule has 4 aliphatic rings. The Morgan fingerprint density at radius 3 is 2.24 bits per heavy atom. The van der Waals surface area contributed by atoms with E-state index in [1.807, 2.05) is 13.0 Å². The first kappa shape index (κ1) is 38.3. The maximum Gasteiger partial charge on any atom is 0.272 e. The molecule has 7 N–H and O–H groups in total. The molecule has 2 heterocycles. The molecule has 2 saturated heterocycles. The third kappa shape index (κ3) is 9.29. The van der Waals surface area contributed by atoms with Gasteiger partial charge in [0.05, 0.1) is 24.9 Å². The molecule has 1 aromatic carbocycles. The van der Waals surface area contributed by atoms with Crippen LogP contribution in [-0.4, -0.2) is 123 Å². The highest BCUT2D eigenvalue weighted by Gasteiger charge is 2.52. The second-order valence-corrected chi connectivity index (χ2v) is 14.4. The lowest BCUT2D eigenvalue weighted by Gasteiger charge is -2.48. The first-order valence-electron chi connectivity index (χ1n) is 17.8. The smallest absolute Gasteiger partial charge is 0.272 e. The van der Waals surface area contributed by atoms with Crippen LogP contribution < -0.4 is 10.2 Å². The van der Waals surface area contributed by atoms with Crippen molar-refractivity contribution in [3.8, 4) is 5.75 Å². The Morgan fingerprint density at radius 1 is 0.857 bits per heavy atom. The number of hydroxylamine groups is 1.